The van der Waals surface area contributed by atoms with Crippen molar-refractivity contribution in [3.05, 3.63) is 11.6 Å². The molecule has 0 aromatic heterocycles. The summed E-state index contributed by atoms with van der Waals surface area (Å²) in [5.41, 5.74) is 0.348. The highest BCUT2D eigenvalue weighted by Crippen LogP contribution is 2.28. The SMILES string of the molecule is C/C(=C\C(F)(F)C(F)F)C1CCNC1. The molecule has 1 aliphatic heterocycles. The molecule has 1 unspecified atom stereocenters. The van der Waals surface area contributed by atoms with E-state index in [2.05, 4.69) is 5.32 Å². The van der Waals surface area contributed by atoms with Crippen LogP contribution in [-0.4, -0.2) is 25.4 Å². The molecule has 1 saturated heterocycles. The lowest BCUT2D eigenvalue weighted by atomic mass is 9.98. The van der Waals surface area contributed by atoms with Gasteiger partial charge in [-0.15, -0.1) is 0 Å². The zero-order chi connectivity index (χ0) is 10.8. The Balaban J connectivity index is 2.66. The minimum Gasteiger partial charge on any atom is -0.316 e. The normalized spacial score (nSPS) is 24.7. The van der Waals surface area contributed by atoms with Gasteiger partial charge in [0.1, 0.15) is 0 Å². The molecule has 1 fully saturated rings. The van der Waals surface area contributed by atoms with Gasteiger partial charge in [-0.25, -0.2) is 8.78 Å². The summed E-state index contributed by atoms with van der Waals surface area (Å²) in [5.74, 6) is -4.02. The van der Waals surface area contributed by atoms with Crippen molar-refractivity contribution in [2.24, 2.45) is 5.92 Å². The van der Waals surface area contributed by atoms with Crippen LogP contribution in [0.1, 0.15) is 13.3 Å². The lowest BCUT2D eigenvalue weighted by Crippen LogP contribution is -2.24. The van der Waals surface area contributed by atoms with E-state index in [4.69, 9.17) is 0 Å². The van der Waals surface area contributed by atoms with Gasteiger partial charge in [0.2, 0.25) is 0 Å². The largest absolute Gasteiger partial charge is 0.326 e. The average molecular weight is 211 g/mol. The molecule has 1 rings (SSSR count). The predicted octanol–water partition coefficient (Wildman–Crippen LogP) is 2.44. The van der Waals surface area contributed by atoms with E-state index in [9.17, 15) is 17.6 Å². The van der Waals surface area contributed by atoms with Gasteiger partial charge in [-0.3, -0.25) is 0 Å². The summed E-state index contributed by atoms with van der Waals surface area (Å²) < 4.78 is 48.9. The van der Waals surface area contributed by atoms with Crippen molar-refractivity contribution in [2.45, 2.75) is 25.7 Å². The zero-order valence-electron chi connectivity index (χ0n) is 7.87. The third-order valence-corrected chi connectivity index (χ3v) is 2.42. The summed E-state index contributed by atoms with van der Waals surface area (Å²) in [4.78, 5) is 0. The van der Waals surface area contributed by atoms with E-state index in [0.29, 0.717) is 18.2 Å². The highest BCUT2D eigenvalue weighted by molar-refractivity contribution is 5.11. The van der Waals surface area contributed by atoms with Crippen molar-refractivity contribution < 1.29 is 17.6 Å². The molecule has 1 nitrogen and oxygen atoms in total. The van der Waals surface area contributed by atoms with Crippen molar-refractivity contribution in [1.82, 2.24) is 5.32 Å². The van der Waals surface area contributed by atoms with Gasteiger partial charge in [-0.2, -0.15) is 8.78 Å². The van der Waals surface area contributed by atoms with Crippen molar-refractivity contribution in [3.63, 3.8) is 0 Å². The number of hydrogen-bond acceptors (Lipinski definition) is 1. The van der Waals surface area contributed by atoms with Gasteiger partial charge in [0.25, 0.3) is 0 Å². The fourth-order valence-corrected chi connectivity index (χ4v) is 1.53. The predicted molar refractivity (Wildman–Crippen MR) is 45.7 cm³/mol. The number of hydrogen-bond donors (Lipinski definition) is 1. The van der Waals surface area contributed by atoms with E-state index in [-0.39, 0.29) is 5.92 Å². The van der Waals surface area contributed by atoms with Gasteiger partial charge in [-0.05, 0) is 31.9 Å². The number of nitrogens with one attached hydrogen (secondary N) is 1. The van der Waals surface area contributed by atoms with E-state index in [1.54, 1.807) is 0 Å². The Kier molecular flexibility index (Phi) is 3.53. The number of rotatable bonds is 3. The molecule has 1 heterocycles. The first-order valence-corrected chi connectivity index (χ1v) is 4.49. The number of halogens is 4. The van der Waals surface area contributed by atoms with Crippen molar-refractivity contribution in [1.29, 1.82) is 0 Å². The Morgan fingerprint density at radius 2 is 2.14 bits per heavy atom. The summed E-state index contributed by atoms with van der Waals surface area (Å²) in [6.07, 6.45) is -2.48. The molecular formula is C9H13F4N. The van der Waals surface area contributed by atoms with Crippen LogP contribution >= 0.6 is 0 Å². The summed E-state index contributed by atoms with van der Waals surface area (Å²) in [5, 5.41) is 2.99. The monoisotopic (exact) mass is 211 g/mol. The van der Waals surface area contributed by atoms with Crippen LogP contribution in [0.4, 0.5) is 17.6 Å². The minimum absolute atomic E-state index is 0.0281. The van der Waals surface area contributed by atoms with E-state index >= 15 is 0 Å². The summed E-state index contributed by atoms with van der Waals surface area (Å²) in [6.45, 7) is 2.84. The van der Waals surface area contributed by atoms with Crippen LogP contribution in [0.15, 0.2) is 11.6 Å². The molecule has 1 atom stereocenters. The molecule has 0 amide bonds. The Morgan fingerprint density at radius 1 is 1.50 bits per heavy atom. The first kappa shape index (κ1) is 11.5. The van der Waals surface area contributed by atoms with Crippen LogP contribution in [0.25, 0.3) is 0 Å². The second-order valence-corrected chi connectivity index (χ2v) is 3.55. The van der Waals surface area contributed by atoms with Crippen LogP contribution in [0.5, 0.6) is 0 Å². The van der Waals surface area contributed by atoms with Gasteiger partial charge in [-0.1, -0.05) is 5.57 Å². The fourth-order valence-electron chi connectivity index (χ4n) is 1.53. The van der Waals surface area contributed by atoms with Crippen molar-refractivity contribution >= 4 is 0 Å². The van der Waals surface area contributed by atoms with Crippen molar-refractivity contribution in [2.75, 3.05) is 13.1 Å². The summed E-state index contributed by atoms with van der Waals surface area (Å²) in [7, 11) is 0. The van der Waals surface area contributed by atoms with Gasteiger partial charge in [0.15, 0.2) is 0 Å². The van der Waals surface area contributed by atoms with Crippen LogP contribution in [0, 0.1) is 5.92 Å². The van der Waals surface area contributed by atoms with Crippen LogP contribution < -0.4 is 5.32 Å². The molecule has 0 aromatic rings. The summed E-state index contributed by atoms with van der Waals surface area (Å²) in [6, 6.07) is 0. The molecule has 82 valence electrons. The van der Waals surface area contributed by atoms with E-state index in [0.717, 1.165) is 13.0 Å². The highest BCUT2D eigenvalue weighted by atomic mass is 19.3. The van der Waals surface area contributed by atoms with Gasteiger partial charge in [0, 0.05) is 6.54 Å². The van der Waals surface area contributed by atoms with E-state index < -0.39 is 12.3 Å². The number of alkyl halides is 4. The van der Waals surface area contributed by atoms with E-state index in [1.807, 2.05) is 0 Å². The molecule has 1 aliphatic rings. The minimum atomic E-state index is -3.99. The smallest absolute Gasteiger partial charge is 0.316 e. The molecule has 14 heavy (non-hydrogen) atoms. The lowest BCUT2D eigenvalue weighted by Gasteiger charge is -2.15. The molecule has 0 aromatic carbocycles. The fraction of sp³-hybridized carbons (Fsp3) is 0.778. The molecule has 5 heteroatoms. The Hall–Kier alpha value is -0.580. The molecule has 0 saturated carbocycles. The maximum absolute atomic E-state index is 12.6. The Labute approximate surface area is 80.2 Å². The van der Waals surface area contributed by atoms with Crippen LogP contribution in [0.2, 0.25) is 0 Å². The van der Waals surface area contributed by atoms with Gasteiger partial charge < -0.3 is 5.32 Å². The average Bonchev–Trinajstić information content (AvgIpc) is 2.54. The first-order valence-electron chi connectivity index (χ1n) is 4.49. The van der Waals surface area contributed by atoms with Crippen LogP contribution in [0.3, 0.4) is 0 Å². The zero-order valence-corrected chi connectivity index (χ0v) is 7.87. The standard InChI is InChI=1S/C9H13F4N/c1-6(7-2-3-14-5-7)4-9(12,13)8(10)11/h4,7-8,14H,2-3,5H2,1H3/b6-4+. The third kappa shape index (κ3) is 2.70. The molecule has 0 spiro atoms. The van der Waals surface area contributed by atoms with Crippen LogP contribution in [-0.2, 0) is 0 Å². The van der Waals surface area contributed by atoms with Gasteiger partial charge in [0.05, 0.1) is 0 Å². The second kappa shape index (κ2) is 4.29. The quantitative estimate of drug-likeness (QED) is 0.558. The Morgan fingerprint density at radius 3 is 2.57 bits per heavy atom. The Bertz CT molecular complexity index is 219. The summed E-state index contributed by atoms with van der Waals surface area (Å²) >= 11 is 0. The molecule has 0 radical (unpaired) electrons. The maximum atomic E-state index is 12.6. The van der Waals surface area contributed by atoms with Crippen molar-refractivity contribution in [3.8, 4) is 0 Å². The topological polar surface area (TPSA) is 12.0 Å². The molecular weight excluding hydrogens is 198 g/mol. The maximum Gasteiger partial charge on any atom is 0.326 e. The third-order valence-electron chi connectivity index (χ3n) is 2.42. The number of allylic oxidation sites excluding steroid dienone is 1. The first-order chi connectivity index (χ1) is 6.43. The molecule has 0 aliphatic carbocycles. The molecule has 1 N–H and O–H groups in total. The van der Waals surface area contributed by atoms with Gasteiger partial charge >= 0.3 is 12.3 Å². The second-order valence-electron chi connectivity index (χ2n) is 3.55. The highest BCUT2D eigenvalue weighted by Gasteiger charge is 2.38. The lowest BCUT2D eigenvalue weighted by molar-refractivity contribution is -0.0914. The molecule has 0 bridgehead atoms. The van der Waals surface area contributed by atoms with E-state index in [1.165, 1.54) is 6.92 Å².